The molecule has 2 heteroatoms. The van der Waals surface area contributed by atoms with E-state index in [0.29, 0.717) is 0 Å². The summed E-state index contributed by atoms with van der Waals surface area (Å²) in [4.78, 5) is 2.61. The number of fused-ring (bicyclic) bond motifs is 3. The Hall–Kier alpha value is -1.28. The zero-order chi connectivity index (χ0) is 10.5. The molecule has 3 atom stereocenters. The molecule has 0 aromatic carbocycles. The fourth-order valence-electron chi connectivity index (χ4n) is 3.44. The summed E-state index contributed by atoms with van der Waals surface area (Å²) in [6.07, 6.45) is 5.87. The molecule has 2 aromatic heterocycles. The standard InChI is InChI=1S/C14H16N2/c1-2-5-16-9-12(7-13(16)3-1)14-10-15-6-4-11(14)8-15/h1-3,5,7,9,11,14H,4,6,8,10H2. The van der Waals surface area contributed by atoms with Crippen LogP contribution in [0, 0.1) is 5.92 Å². The second-order valence-electron chi connectivity index (χ2n) is 5.22. The lowest BCUT2D eigenvalue weighted by atomic mass is 9.88. The zero-order valence-electron chi connectivity index (χ0n) is 9.34. The first kappa shape index (κ1) is 8.82. The van der Waals surface area contributed by atoms with Crippen molar-refractivity contribution in [2.45, 2.75) is 12.3 Å². The van der Waals surface area contributed by atoms with Crippen molar-refractivity contribution in [3.63, 3.8) is 0 Å². The van der Waals surface area contributed by atoms with Gasteiger partial charge in [0.2, 0.25) is 0 Å². The van der Waals surface area contributed by atoms with Gasteiger partial charge in [0.15, 0.2) is 0 Å². The summed E-state index contributed by atoms with van der Waals surface area (Å²) in [5.74, 6) is 1.70. The van der Waals surface area contributed by atoms with Crippen LogP contribution in [0.1, 0.15) is 17.9 Å². The molecular formula is C14H16N2. The molecule has 2 fully saturated rings. The van der Waals surface area contributed by atoms with Crippen LogP contribution in [0.4, 0.5) is 0 Å². The predicted octanol–water partition coefficient (Wildman–Crippen LogP) is 2.36. The summed E-state index contributed by atoms with van der Waals surface area (Å²) in [5, 5.41) is 0. The molecule has 0 aliphatic carbocycles. The third kappa shape index (κ3) is 1.17. The molecule has 2 aliphatic heterocycles. The topological polar surface area (TPSA) is 7.65 Å². The molecule has 2 bridgehead atoms. The Bertz CT molecular complexity index is 495. The van der Waals surface area contributed by atoms with Gasteiger partial charge in [0, 0.05) is 36.9 Å². The molecule has 16 heavy (non-hydrogen) atoms. The average molecular weight is 212 g/mol. The van der Waals surface area contributed by atoms with Crippen molar-refractivity contribution < 1.29 is 0 Å². The maximum absolute atomic E-state index is 2.61. The van der Waals surface area contributed by atoms with Gasteiger partial charge in [-0.3, -0.25) is 0 Å². The van der Waals surface area contributed by atoms with Crippen molar-refractivity contribution in [3.8, 4) is 0 Å². The van der Waals surface area contributed by atoms with E-state index in [1.165, 1.54) is 31.6 Å². The van der Waals surface area contributed by atoms with Crippen LogP contribution in [0.2, 0.25) is 0 Å². The van der Waals surface area contributed by atoms with Gasteiger partial charge in [-0.2, -0.15) is 0 Å². The maximum Gasteiger partial charge on any atom is 0.0452 e. The second kappa shape index (κ2) is 3.11. The number of nitrogens with zero attached hydrogens (tertiary/aromatic N) is 2. The Morgan fingerprint density at radius 1 is 1.19 bits per heavy atom. The van der Waals surface area contributed by atoms with E-state index in [0.717, 1.165) is 11.8 Å². The SMILES string of the molecule is c1ccn2cc(C3CN4CCC3C4)cc2c1. The van der Waals surface area contributed by atoms with E-state index in [1.54, 1.807) is 5.56 Å². The highest BCUT2D eigenvalue weighted by Gasteiger charge is 2.38. The van der Waals surface area contributed by atoms with Crippen LogP contribution in [0.15, 0.2) is 36.7 Å². The second-order valence-corrected chi connectivity index (χ2v) is 5.22. The van der Waals surface area contributed by atoms with Crippen LogP contribution in [-0.4, -0.2) is 28.9 Å². The summed E-state index contributed by atoms with van der Waals surface area (Å²) >= 11 is 0. The number of piperidine rings is 1. The van der Waals surface area contributed by atoms with Crippen LogP contribution in [-0.2, 0) is 0 Å². The minimum atomic E-state index is 0.786. The number of pyridine rings is 1. The summed E-state index contributed by atoms with van der Waals surface area (Å²) in [7, 11) is 0. The van der Waals surface area contributed by atoms with Gasteiger partial charge in [-0.05, 0) is 42.6 Å². The quantitative estimate of drug-likeness (QED) is 0.704. The minimum Gasteiger partial charge on any atom is -0.324 e. The van der Waals surface area contributed by atoms with Crippen LogP contribution in [0.25, 0.3) is 5.52 Å². The normalized spacial score (nSPS) is 32.6. The number of hydrogen-bond acceptors (Lipinski definition) is 1. The molecular weight excluding hydrogens is 196 g/mol. The van der Waals surface area contributed by atoms with Gasteiger partial charge in [0.25, 0.3) is 0 Å². The number of aromatic nitrogens is 1. The molecule has 3 unspecified atom stereocenters. The van der Waals surface area contributed by atoms with E-state index in [2.05, 4.69) is 46.0 Å². The highest BCUT2D eigenvalue weighted by molar-refractivity contribution is 5.51. The van der Waals surface area contributed by atoms with Crippen molar-refractivity contribution in [1.82, 2.24) is 9.30 Å². The molecule has 0 N–H and O–H groups in total. The highest BCUT2D eigenvalue weighted by Crippen LogP contribution is 2.40. The van der Waals surface area contributed by atoms with Crippen molar-refractivity contribution >= 4 is 5.52 Å². The summed E-state index contributed by atoms with van der Waals surface area (Å²) in [6, 6.07) is 8.77. The third-order valence-corrected chi connectivity index (χ3v) is 4.29. The Morgan fingerprint density at radius 2 is 2.19 bits per heavy atom. The Morgan fingerprint density at radius 3 is 2.94 bits per heavy atom. The Balaban J connectivity index is 1.76. The van der Waals surface area contributed by atoms with Gasteiger partial charge in [0.1, 0.15) is 0 Å². The lowest BCUT2D eigenvalue weighted by Gasteiger charge is -2.20. The van der Waals surface area contributed by atoms with Crippen LogP contribution >= 0.6 is 0 Å². The first-order valence-electron chi connectivity index (χ1n) is 6.19. The minimum absolute atomic E-state index is 0.786. The molecule has 4 rings (SSSR count). The van der Waals surface area contributed by atoms with Crippen LogP contribution < -0.4 is 0 Å². The first-order chi connectivity index (χ1) is 7.90. The van der Waals surface area contributed by atoms with Crippen LogP contribution in [0.5, 0.6) is 0 Å². The molecule has 0 spiro atoms. The molecule has 2 nitrogen and oxygen atoms in total. The van der Waals surface area contributed by atoms with E-state index < -0.39 is 0 Å². The van der Waals surface area contributed by atoms with Gasteiger partial charge in [-0.25, -0.2) is 0 Å². The van der Waals surface area contributed by atoms with Crippen LogP contribution in [0.3, 0.4) is 0 Å². The maximum atomic E-state index is 2.61. The fraction of sp³-hybridized carbons (Fsp3) is 0.429. The number of rotatable bonds is 1. The molecule has 2 saturated heterocycles. The molecule has 0 saturated carbocycles. The fourth-order valence-corrected chi connectivity index (χ4v) is 3.44. The summed E-state index contributed by atoms with van der Waals surface area (Å²) in [5.41, 5.74) is 2.87. The summed E-state index contributed by atoms with van der Waals surface area (Å²) in [6.45, 7) is 3.94. The molecule has 0 radical (unpaired) electrons. The van der Waals surface area contributed by atoms with Gasteiger partial charge in [-0.1, -0.05) is 6.07 Å². The van der Waals surface area contributed by atoms with E-state index in [4.69, 9.17) is 0 Å². The monoisotopic (exact) mass is 212 g/mol. The molecule has 0 amide bonds. The smallest absolute Gasteiger partial charge is 0.0452 e. The van der Waals surface area contributed by atoms with E-state index in [1.807, 2.05) is 0 Å². The van der Waals surface area contributed by atoms with Gasteiger partial charge in [0.05, 0.1) is 0 Å². The third-order valence-electron chi connectivity index (χ3n) is 4.29. The van der Waals surface area contributed by atoms with Crippen molar-refractivity contribution in [3.05, 3.63) is 42.2 Å². The van der Waals surface area contributed by atoms with Gasteiger partial charge < -0.3 is 9.30 Å². The van der Waals surface area contributed by atoms with Gasteiger partial charge >= 0.3 is 0 Å². The van der Waals surface area contributed by atoms with E-state index in [-0.39, 0.29) is 0 Å². The van der Waals surface area contributed by atoms with Crippen molar-refractivity contribution in [1.29, 1.82) is 0 Å². The van der Waals surface area contributed by atoms with E-state index >= 15 is 0 Å². The van der Waals surface area contributed by atoms with Crippen molar-refractivity contribution in [2.24, 2.45) is 5.92 Å². The highest BCUT2D eigenvalue weighted by atomic mass is 15.2. The largest absolute Gasteiger partial charge is 0.324 e. The molecule has 2 aliphatic rings. The lowest BCUT2D eigenvalue weighted by Crippen LogP contribution is -2.21. The van der Waals surface area contributed by atoms with Gasteiger partial charge in [-0.15, -0.1) is 0 Å². The Kier molecular flexibility index (Phi) is 1.71. The predicted molar refractivity (Wildman–Crippen MR) is 64.7 cm³/mol. The average Bonchev–Trinajstić information content (AvgIpc) is 3.02. The number of hydrogen-bond donors (Lipinski definition) is 0. The first-order valence-corrected chi connectivity index (χ1v) is 6.19. The lowest BCUT2D eigenvalue weighted by molar-refractivity contribution is 0.346. The van der Waals surface area contributed by atoms with Crippen molar-refractivity contribution in [2.75, 3.05) is 19.6 Å². The summed E-state index contributed by atoms with van der Waals surface area (Å²) < 4.78 is 2.25. The molecule has 82 valence electrons. The van der Waals surface area contributed by atoms with E-state index in [9.17, 15) is 0 Å². The molecule has 4 heterocycles. The zero-order valence-corrected chi connectivity index (χ0v) is 9.34. The Labute approximate surface area is 95.5 Å². The molecule has 2 aromatic rings.